The Balaban J connectivity index is 2.30. The van der Waals surface area contributed by atoms with E-state index in [0.717, 1.165) is 5.92 Å². The molecule has 3 atom stereocenters. The monoisotopic (exact) mass is 203 g/mol. The Bertz CT molecular complexity index is 345. The number of nitrogens with zero attached hydrogens (tertiary/aromatic N) is 1. The van der Waals surface area contributed by atoms with Crippen LogP contribution in [0.25, 0.3) is 0 Å². The maximum Gasteiger partial charge on any atom is 0.00960 e. The molecule has 0 saturated carbocycles. The van der Waals surface area contributed by atoms with E-state index in [1.54, 1.807) is 5.56 Å². The van der Waals surface area contributed by atoms with Crippen LogP contribution in [0, 0.1) is 12.8 Å². The molecule has 15 heavy (non-hydrogen) atoms. The van der Waals surface area contributed by atoms with Gasteiger partial charge in [0.2, 0.25) is 0 Å². The summed E-state index contributed by atoms with van der Waals surface area (Å²) in [5.41, 5.74) is 2.98. The fourth-order valence-electron chi connectivity index (χ4n) is 2.76. The molecule has 1 heterocycles. The molecule has 0 aromatic heterocycles. The zero-order valence-corrected chi connectivity index (χ0v) is 10.2. The van der Waals surface area contributed by atoms with Gasteiger partial charge in [-0.2, -0.15) is 0 Å². The second-order valence-electron chi connectivity index (χ2n) is 5.00. The highest BCUT2D eigenvalue weighted by Gasteiger charge is 2.35. The Kier molecular flexibility index (Phi) is 2.83. The highest BCUT2D eigenvalue weighted by molar-refractivity contribution is 5.31. The molecule has 2 rings (SSSR count). The molecular weight excluding hydrogens is 182 g/mol. The largest absolute Gasteiger partial charge is 0.303 e. The third kappa shape index (κ3) is 1.81. The Morgan fingerprint density at radius 2 is 1.87 bits per heavy atom. The van der Waals surface area contributed by atoms with Crippen molar-refractivity contribution in [2.75, 3.05) is 13.6 Å². The number of likely N-dealkylation sites (N-methyl/N-ethyl adjacent to an activating group) is 1. The highest BCUT2D eigenvalue weighted by atomic mass is 15.2. The Morgan fingerprint density at radius 1 is 1.20 bits per heavy atom. The van der Waals surface area contributed by atoms with E-state index in [0.29, 0.717) is 12.0 Å². The van der Waals surface area contributed by atoms with Crippen molar-refractivity contribution in [2.24, 2.45) is 5.92 Å². The van der Waals surface area contributed by atoms with Crippen molar-refractivity contribution in [2.45, 2.75) is 32.7 Å². The molecule has 0 bridgehead atoms. The summed E-state index contributed by atoms with van der Waals surface area (Å²) >= 11 is 0. The van der Waals surface area contributed by atoms with Gasteiger partial charge >= 0.3 is 0 Å². The van der Waals surface area contributed by atoms with Crippen LogP contribution in [0.3, 0.4) is 0 Å². The number of hydrogen-bond donors (Lipinski definition) is 0. The van der Waals surface area contributed by atoms with Crippen LogP contribution in [0.2, 0.25) is 0 Å². The van der Waals surface area contributed by atoms with Gasteiger partial charge in [-0.25, -0.2) is 0 Å². The van der Waals surface area contributed by atoms with Crippen LogP contribution < -0.4 is 0 Å². The fraction of sp³-hybridized carbons (Fsp3) is 0.571. The molecule has 0 amide bonds. The van der Waals surface area contributed by atoms with Crippen molar-refractivity contribution >= 4 is 0 Å². The van der Waals surface area contributed by atoms with Crippen molar-refractivity contribution in [3.8, 4) is 0 Å². The molecule has 2 unspecified atom stereocenters. The minimum atomic E-state index is 0.703. The van der Waals surface area contributed by atoms with E-state index in [1.807, 2.05) is 0 Å². The zero-order chi connectivity index (χ0) is 11.0. The quantitative estimate of drug-likeness (QED) is 0.678. The van der Waals surface area contributed by atoms with Gasteiger partial charge in [0.1, 0.15) is 0 Å². The van der Waals surface area contributed by atoms with Crippen LogP contribution in [0.4, 0.5) is 0 Å². The summed E-state index contributed by atoms with van der Waals surface area (Å²) in [5, 5.41) is 0. The molecule has 1 aliphatic heterocycles. The van der Waals surface area contributed by atoms with Crippen LogP contribution in [0.15, 0.2) is 24.3 Å². The Morgan fingerprint density at radius 3 is 2.40 bits per heavy atom. The molecule has 0 radical (unpaired) electrons. The summed E-state index contributed by atoms with van der Waals surface area (Å²) in [7, 11) is 2.24. The summed E-state index contributed by atoms with van der Waals surface area (Å²) < 4.78 is 0. The Hall–Kier alpha value is -0.820. The summed E-state index contributed by atoms with van der Waals surface area (Å²) in [6.45, 7) is 8.15. The second kappa shape index (κ2) is 3.97. The first-order valence-electron chi connectivity index (χ1n) is 5.87. The van der Waals surface area contributed by atoms with Crippen molar-refractivity contribution in [1.29, 1.82) is 0 Å². The summed E-state index contributed by atoms with van der Waals surface area (Å²) in [6, 6.07) is 9.52. The average molecular weight is 203 g/mol. The third-order valence-electron chi connectivity index (χ3n) is 4.16. The SMILES string of the molecule is Cc1ccccc1[C@@H]1CN(C)C(C)C1C. The normalized spacial score (nSPS) is 32.1. The van der Waals surface area contributed by atoms with Gasteiger partial charge in [-0.05, 0) is 37.9 Å². The van der Waals surface area contributed by atoms with Crippen LogP contribution >= 0.6 is 0 Å². The van der Waals surface area contributed by atoms with Gasteiger partial charge in [0.15, 0.2) is 0 Å². The van der Waals surface area contributed by atoms with Crippen molar-refractivity contribution in [1.82, 2.24) is 4.90 Å². The van der Waals surface area contributed by atoms with Gasteiger partial charge in [0.25, 0.3) is 0 Å². The summed E-state index contributed by atoms with van der Waals surface area (Å²) in [5.74, 6) is 1.47. The van der Waals surface area contributed by atoms with Crippen molar-refractivity contribution in [3.63, 3.8) is 0 Å². The number of likely N-dealkylation sites (tertiary alicyclic amines) is 1. The van der Waals surface area contributed by atoms with E-state index in [9.17, 15) is 0 Å². The lowest BCUT2D eigenvalue weighted by molar-refractivity contribution is 0.301. The van der Waals surface area contributed by atoms with E-state index < -0.39 is 0 Å². The first-order chi connectivity index (χ1) is 7.11. The van der Waals surface area contributed by atoms with Gasteiger partial charge in [0.05, 0.1) is 0 Å². The lowest BCUT2D eigenvalue weighted by Gasteiger charge is -2.19. The molecule has 1 aromatic rings. The summed E-state index contributed by atoms with van der Waals surface area (Å²) in [6.07, 6.45) is 0. The second-order valence-corrected chi connectivity index (χ2v) is 5.00. The van der Waals surface area contributed by atoms with Crippen molar-refractivity contribution in [3.05, 3.63) is 35.4 Å². The minimum absolute atomic E-state index is 0.703. The van der Waals surface area contributed by atoms with Crippen LogP contribution in [0.1, 0.15) is 30.9 Å². The van der Waals surface area contributed by atoms with Gasteiger partial charge in [-0.3, -0.25) is 0 Å². The van der Waals surface area contributed by atoms with Gasteiger partial charge in [-0.1, -0.05) is 31.2 Å². The lowest BCUT2D eigenvalue weighted by Crippen LogP contribution is -2.24. The van der Waals surface area contributed by atoms with E-state index >= 15 is 0 Å². The minimum Gasteiger partial charge on any atom is -0.303 e. The number of hydrogen-bond acceptors (Lipinski definition) is 1. The molecule has 0 aliphatic carbocycles. The average Bonchev–Trinajstić information content (AvgIpc) is 2.47. The third-order valence-corrected chi connectivity index (χ3v) is 4.16. The maximum atomic E-state index is 2.47. The molecular formula is C14H21N. The number of rotatable bonds is 1. The standard InChI is InChI=1S/C14H21N/c1-10-7-5-6-8-13(10)14-9-15(4)12(3)11(14)2/h5-8,11-12,14H,9H2,1-4H3/t11?,12?,14-/m1/s1. The number of benzene rings is 1. The molecule has 0 spiro atoms. The zero-order valence-electron chi connectivity index (χ0n) is 10.2. The van der Waals surface area contributed by atoms with E-state index in [2.05, 4.69) is 57.0 Å². The first kappa shape index (κ1) is 10.7. The molecule has 1 saturated heterocycles. The topological polar surface area (TPSA) is 3.24 Å². The Labute approximate surface area is 93.1 Å². The molecule has 1 aliphatic rings. The lowest BCUT2D eigenvalue weighted by atomic mass is 9.85. The summed E-state index contributed by atoms with van der Waals surface area (Å²) in [4.78, 5) is 2.47. The molecule has 1 heteroatoms. The van der Waals surface area contributed by atoms with Crippen LogP contribution in [0.5, 0.6) is 0 Å². The van der Waals surface area contributed by atoms with Gasteiger partial charge < -0.3 is 4.90 Å². The van der Waals surface area contributed by atoms with Gasteiger partial charge in [-0.15, -0.1) is 0 Å². The van der Waals surface area contributed by atoms with Crippen LogP contribution in [-0.2, 0) is 0 Å². The predicted octanol–water partition coefficient (Wildman–Crippen LogP) is 3.05. The highest BCUT2D eigenvalue weighted by Crippen LogP contribution is 2.36. The first-order valence-corrected chi connectivity index (χ1v) is 5.87. The van der Waals surface area contributed by atoms with E-state index in [1.165, 1.54) is 12.1 Å². The van der Waals surface area contributed by atoms with Gasteiger partial charge in [0, 0.05) is 18.5 Å². The van der Waals surface area contributed by atoms with E-state index in [4.69, 9.17) is 0 Å². The molecule has 1 nitrogen and oxygen atoms in total. The smallest absolute Gasteiger partial charge is 0.00960 e. The molecule has 1 aromatic carbocycles. The number of aryl methyl sites for hydroxylation is 1. The molecule has 82 valence electrons. The molecule has 0 N–H and O–H groups in total. The maximum absolute atomic E-state index is 2.47. The van der Waals surface area contributed by atoms with Crippen LogP contribution in [-0.4, -0.2) is 24.5 Å². The van der Waals surface area contributed by atoms with Crippen molar-refractivity contribution < 1.29 is 0 Å². The predicted molar refractivity (Wildman–Crippen MR) is 65.2 cm³/mol. The van der Waals surface area contributed by atoms with E-state index in [-0.39, 0.29) is 0 Å². The molecule has 1 fully saturated rings. The fourth-order valence-corrected chi connectivity index (χ4v) is 2.76.